The zero-order valence-electron chi connectivity index (χ0n) is 32.0. The second-order valence-corrected chi connectivity index (χ2v) is 17.0. The van der Waals surface area contributed by atoms with E-state index < -0.39 is 15.3 Å². The molecule has 0 radical (unpaired) electrons. The highest BCUT2D eigenvalue weighted by atomic mass is 32.2. The van der Waals surface area contributed by atoms with Crippen molar-refractivity contribution in [1.82, 2.24) is 19.5 Å². The van der Waals surface area contributed by atoms with E-state index in [1.165, 1.54) is 0 Å². The van der Waals surface area contributed by atoms with Crippen LogP contribution in [-0.2, 0) is 15.3 Å². The minimum Gasteiger partial charge on any atom is -0.310 e. The third-order valence-corrected chi connectivity index (χ3v) is 13.9. The Labute approximate surface area is 346 Å². The Morgan fingerprint density at radius 1 is 0.433 bits per heavy atom. The zero-order chi connectivity index (χ0) is 40.0. The number of fused-ring (bicyclic) bond motifs is 12. The number of hydrogen-bond donors (Lipinski definition) is 0. The van der Waals surface area contributed by atoms with E-state index in [4.69, 9.17) is 15.0 Å². The summed E-state index contributed by atoms with van der Waals surface area (Å²) in [7, 11) is -4.12. The second-order valence-electron chi connectivity index (χ2n) is 15.2. The number of hydrogen-bond acceptors (Lipinski definition) is 6. The first-order valence-electron chi connectivity index (χ1n) is 19.9. The summed E-state index contributed by atoms with van der Waals surface area (Å²) in [6.07, 6.45) is 0. The third-order valence-electron chi connectivity index (χ3n) is 12.0. The van der Waals surface area contributed by atoms with Crippen molar-refractivity contribution in [1.29, 1.82) is 0 Å². The molecule has 0 N–H and O–H groups in total. The van der Waals surface area contributed by atoms with E-state index in [2.05, 4.69) is 71.6 Å². The lowest BCUT2D eigenvalue weighted by Gasteiger charge is -2.49. The van der Waals surface area contributed by atoms with Crippen LogP contribution >= 0.6 is 0 Å². The predicted molar refractivity (Wildman–Crippen MR) is 237 cm³/mol. The average Bonchev–Trinajstić information content (AvgIpc) is 3.65. The summed E-state index contributed by atoms with van der Waals surface area (Å²) >= 11 is 0. The smallest absolute Gasteiger partial charge is 0.238 e. The molecule has 0 bridgehead atoms. The number of para-hydroxylation sites is 4. The molecular formula is C52H33N5O2S. The van der Waals surface area contributed by atoms with Gasteiger partial charge in [0.2, 0.25) is 15.8 Å². The second kappa shape index (κ2) is 12.9. The lowest BCUT2D eigenvalue weighted by Crippen LogP contribution is -2.42. The van der Waals surface area contributed by atoms with Crippen LogP contribution in [0.5, 0.6) is 0 Å². The van der Waals surface area contributed by atoms with Gasteiger partial charge in [0.05, 0.1) is 37.6 Å². The van der Waals surface area contributed by atoms with Gasteiger partial charge in [0.1, 0.15) is 0 Å². The monoisotopic (exact) mass is 791 g/mol. The van der Waals surface area contributed by atoms with Crippen molar-refractivity contribution in [2.45, 2.75) is 15.2 Å². The van der Waals surface area contributed by atoms with Gasteiger partial charge in [-0.2, -0.15) is 9.97 Å². The number of rotatable bonds is 4. The average molecular weight is 792 g/mol. The molecule has 284 valence electrons. The molecule has 7 nitrogen and oxygen atoms in total. The lowest BCUT2D eigenvalue weighted by atomic mass is 9.62. The van der Waals surface area contributed by atoms with Crippen LogP contribution in [0.1, 0.15) is 22.3 Å². The Morgan fingerprint density at radius 2 is 0.950 bits per heavy atom. The summed E-state index contributed by atoms with van der Waals surface area (Å²) in [5.74, 6) is 1.42. The molecule has 2 aliphatic heterocycles. The van der Waals surface area contributed by atoms with E-state index >= 15 is 8.42 Å². The van der Waals surface area contributed by atoms with Crippen molar-refractivity contribution in [2.75, 3.05) is 4.90 Å². The molecule has 1 spiro atoms. The van der Waals surface area contributed by atoms with Gasteiger partial charge in [-0.05, 0) is 64.7 Å². The first kappa shape index (κ1) is 34.4. The van der Waals surface area contributed by atoms with Crippen LogP contribution in [0, 0.1) is 0 Å². The molecular weight excluding hydrogens is 759 g/mol. The van der Waals surface area contributed by atoms with Crippen LogP contribution in [0.3, 0.4) is 0 Å². The van der Waals surface area contributed by atoms with Crippen molar-refractivity contribution in [2.24, 2.45) is 0 Å². The minimum absolute atomic E-state index is 0.284. The number of benzene rings is 8. The highest BCUT2D eigenvalue weighted by Gasteiger charge is 2.54. The van der Waals surface area contributed by atoms with Crippen LogP contribution in [0.15, 0.2) is 210 Å². The van der Waals surface area contributed by atoms with Gasteiger partial charge in [-0.15, -0.1) is 0 Å². The number of nitrogens with zero attached hydrogens (tertiary/aromatic N) is 5. The van der Waals surface area contributed by atoms with Gasteiger partial charge in [0.15, 0.2) is 11.6 Å². The quantitative estimate of drug-likeness (QED) is 0.177. The van der Waals surface area contributed by atoms with E-state index in [0.717, 1.165) is 55.8 Å². The summed E-state index contributed by atoms with van der Waals surface area (Å²) < 4.78 is 33.3. The van der Waals surface area contributed by atoms with Gasteiger partial charge in [-0.25, -0.2) is 13.4 Å². The van der Waals surface area contributed by atoms with Crippen molar-refractivity contribution in [3.63, 3.8) is 0 Å². The molecule has 0 atom stereocenters. The summed E-state index contributed by atoms with van der Waals surface area (Å²) in [6.45, 7) is 0. The third kappa shape index (κ3) is 4.70. The minimum atomic E-state index is -4.12. The molecule has 0 saturated carbocycles. The molecule has 0 unspecified atom stereocenters. The Balaban J connectivity index is 1.22. The van der Waals surface area contributed by atoms with E-state index in [0.29, 0.717) is 34.1 Å². The fraction of sp³-hybridized carbons (Fsp3) is 0.0192. The van der Waals surface area contributed by atoms with Crippen LogP contribution in [0.25, 0.3) is 50.5 Å². The molecule has 10 aromatic rings. The normalized spacial score (nSPS) is 14.4. The molecule has 2 aliphatic rings. The van der Waals surface area contributed by atoms with Crippen molar-refractivity contribution in [3.05, 3.63) is 222 Å². The maximum Gasteiger partial charge on any atom is 0.238 e. The summed E-state index contributed by atoms with van der Waals surface area (Å²) in [4.78, 5) is 18.1. The van der Waals surface area contributed by atoms with Gasteiger partial charge in [0.25, 0.3) is 0 Å². The summed E-state index contributed by atoms with van der Waals surface area (Å²) in [6, 6.07) is 66.5. The molecule has 8 heteroatoms. The van der Waals surface area contributed by atoms with Crippen molar-refractivity contribution in [3.8, 4) is 28.7 Å². The maximum absolute atomic E-state index is 15.7. The van der Waals surface area contributed by atoms with E-state index in [9.17, 15) is 0 Å². The molecule has 0 aliphatic carbocycles. The molecule has 4 heterocycles. The van der Waals surface area contributed by atoms with Gasteiger partial charge in [0, 0.05) is 27.6 Å². The zero-order valence-corrected chi connectivity index (χ0v) is 32.8. The molecule has 0 fully saturated rings. The molecule has 0 saturated heterocycles. The van der Waals surface area contributed by atoms with Crippen LogP contribution < -0.4 is 4.90 Å². The lowest BCUT2D eigenvalue weighted by molar-refractivity contribution is 0.579. The van der Waals surface area contributed by atoms with Gasteiger partial charge < -0.3 is 4.90 Å². The largest absolute Gasteiger partial charge is 0.310 e. The maximum atomic E-state index is 15.7. The van der Waals surface area contributed by atoms with Crippen LogP contribution in [0.2, 0.25) is 0 Å². The Morgan fingerprint density at radius 3 is 1.58 bits per heavy atom. The van der Waals surface area contributed by atoms with Gasteiger partial charge in [-0.3, -0.25) is 4.57 Å². The van der Waals surface area contributed by atoms with Gasteiger partial charge in [-0.1, -0.05) is 158 Å². The fourth-order valence-electron chi connectivity index (χ4n) is 9.66. The van der Waals surface area contributed by atoms with Crippen molar-refractivity contribution < 1.29 is 8.42 Å². The molecule has 60 heavy (non-hydrogen) atoms. The van der Waals surface area contributed by atoms with E-state index in [1.54, 1.807) is 6.07 Å². The number of sulfone groups is 1. The van der Waals surface area contributed by atoms with Crippen LogP contribution in [-0.4, -0.2) is 27.9 Å². The highest BCUT2D eigenvalue weighted by molar-refractivity contribution is 7.92. The Kier molecular flexibility index (Phi) is 7.40. The topological polar surface area (TPSA) is 81.0 Å². The standard InChI is InChI=1S/C52H33N5O2S/c58-60(59)46-31-17-13-27-40(46)52(38-25-11-15-29-43(38)56(36-22-8-3-9-23-36)44-30-16-12-26-39(44)52)41-32-33-45-47(48(41)60)37-24-10-14-28-42(37)57(45)51-54-49(34-18-4-1-5-19-34)53-50(55-51)35-20-6-2-7-21-35/h1-33H. The van der Waals surface area contributed by atoms with Crippen molar-refractivity contribution >= 4 is 48.7 Å². The van der Waals surface area contributed by atoms with E-state index in [1.807, 2.05) is 132 Å². The summed E-state index contributed by atoms with van der Waals surface area (Å²) in [5, 5.41) is 1.41. The summed E-state index contributed by atoms with van der Waals surface area (Å²) in [5.41, 5.74) is 8.57. The van der Waals surface area contributed by atoms with E-state index in [-0.39, 0.29) is 9.79 Å². The molecule has 0 amide bonds. The Hall–Kier alpha value is -7.68. The predicted octanol–water partition coefficient (Wildman–Crippen LogP) is 11.6. The highest BCUT2D eigenvalue weighted by Crippen LogP contribution is 2.62. The number of aromatic nitrogens is 4. The number of anilines is 3. The molecule has 8 aromatic carbocycles. The van der Waals surface area contributed by atoms with Gasteiger partial charge >= 0.3 is 0 Å². The SMILES string of the molecule is O=S1(=O)c2ccccc2C2(c3ccccc3N(c3ccccc3)c3ccccc32)c2ccc3c(c21)c1ccccc1n3-c1nc(-c2ccccc2)nc(-c2ccccc2)n1. The Bertz CT molecular complexity index is 3350. The fourth-order valence-corrected chi connectivity index (χ4v) is 11.6. The van der Waals surface area contributed by atoms with Crippen LogP contribution in [0.4, 0.5) is 17.1 Å². The first-order chi connectivity index (χ1) is 29.5. The first-order valence-corrected chi connectivity index (χ1v) is 21.4. The molecule has 12 rings (SSSR count). The molecule has 2 aromatic heterocycles.